The second-order valence-electron chi connectivity index (χ2n) is 5.40. The molecule has 2 nitrogen and oxygen atoms in total. The lowest BCUT2D eigenvalue weighted by Crippen LogP contribution is -2.08. The fraction of sp³-hybridized carbons (Fsp3) is 0.294. The molecule has 0 saturated carbocycles. The van der Waals surface area contributed by atoms with Crippen LogP contribution in [0.1, 0.15) is 28.3 Å². The van der Waals surface area contributed by atoms with Gasteiger partial charge in [0.15, 0.2) is 0 Å². The molecular formula is C17H18FNO. The van der Waals surface area contributed by atoms with Gasteiger partial charge in [-0.15, -0.1) is 0 Å². The number of halogens is 1. The average Bonchev–Trinajstić information content (AvgIpc) is 2.82. The van der Waals surface area contributed by atoms with E-state index < -0.39 is 0 Å². The molecule has 0 radical (unpaired) electrons. The van der Waals surface area contributed by atoms with Crippen LogP contribution in [-0.4, -0.2) is 7.11 Å². The molecule has 1 unspecified atom stereocenters. The Balaban J connectivity index is 2.00. The molecule has 0 aromatic heterocycles. The van der Waals surface area contributed by atoms with Crippen LogP contribution in [0.25, 0.3) is 0 Å². The quantitative estimate of drug-likeness (QED) is 0.885. The monoisotopic (exact) mass is 271 g/mol. The van der Waals surface area contributed by atoms with Crippen molar-refractivity contribution in [2.24, 2.45) is 0 Å². The highest BCUT2D eigenvalue weighted by Gasteiger charge is 2.26. The van der Waals surface area contributed by atoms with Gasteiger partial charge in [0, 0.05) is 11.3 Å². The van der Waals surface area contributed by atoms with Crippen molar-refractivity contribution in [3.8, 4) is 5.75 Å². The Bertz CT molecular complexity index is 666. The van der Waals surface area contributed by atoms with Crippen LogP contribution < -0.4 is 10.1 Å². The van der Waals surface area contributed by atoms with Gasteiger partial charge in [-0.1, -0.05) is 17.7 Å². The van der Waals surface area contributed by atoms with Crippen LogP contribution in [-0.2, 0) is 6.42 Å². The first-order valence-electron chi connectivity index (χ1n) is 6.78. The summed E-state index contributed by atoms with van der Waals surface area (Å²) in [6.07, 6.45) is 0.859. The highest BCUT2D eigenvalue weighted by atomic mass is 19.1. The smallest absolute Gasteiger partial charge is 0.124 e. The van der Waals surface area contributed by atoms with E-state index in [0.29, 0.717) is 0 Å². The summed E-state index contributed by atoms with van der Waals surface area (Å²) in [6.45, 7) is 4.20. The van der Waals surface area contributed by atoms with E-state index in [1.54, 1.807) is 19.2 Å². The summed E-state index contributed by atoms with van der Waals surface area (Å²) < 4.78 is 18.9. The average molecular weight is 271 g/mol. The van der Waals surface area contributed by atoms with Crippen molar-refractivity contribution < 1.29 is 9.13 Å². The first-order valence-corrected chi connectivity index (χ1v) is 6.78. The predicted molar refractivity (Wildman–Crippen MR) is 78.9 cm³/mol. The van der Waals surface area contributed by atoms with E-state index in [9.17, 15) is 4.39 Å². The van der Waals surface area contributed by atoms with Crippen molar-refractivity contribution in [2.45, 2.75) is 26.3 Å². The maximum atomic E-state index is 13.5. The Labute approximate surface area is 118 Å². The molecule has 1 atom stereocenters. The number of anilines is 1. The minimum Gasteiger partial charge on any atom is -0.496 e. The molecule has 0 saturated heterocycles. The number of benzene rings is 2. The van der Waals surface area contributed by atoms with E-state index in [4.69, 9.17) is 4.74 Å². The molecule has 0 aliphatic carbocycles. The van der Waals surface area contributed by atoms with Gasteiger partial charge >= 0.3 is 0 Å². The molecule has 0 fully saturated rings. The van der Waals surface area contributed by atoms with Crippen LogP contribution in [0, 0.1) is 19.7 Å². The number of rotatable bonds is 2. The summed E-state index contributed by atoms with van der Waals surface area (Å²) in [5, 5.41) is 3.50. The highest BCUT2D eigenvalue weighted by Crippen LogP contribution is 2.40. The third-order valence-electron chi connectivity index (χ3n) is 3.87. The SMILES string of the molecule is COc1ccc(F)cc1C1Cc2cc(C)cc(C)c2N1. The summed E-state index contributed by atoms with van der Waals surface area (Å²) in [7, 11) is 1.62. The second-order valence-corrected chi connectivity index (χ2v) is 5.40. The Hall–Kier alpha value is -2.03. The number of nitrogens with one attached hydrogen (secondary N) is 1. The maximum Gasteiger partial charge on any atom is 0.124 e. The highest BCUT2D eigenvalue weighted by molar-refractivity contribution is 5.64. The number of hydrogen-bond donors (Lipinski definition) is 1. The van der Waals surface area contributed by atoms with Crippen LogP contribution in [0.3, 0.4) is 0 Å². The molecule has 2 aromatic carbocycles. The van der Waals surface area contributed by atoms with Gasteiger partial charge in [0.1, 0.15) is 11.6 Å². The fourth-order valence-corrected chi connectivity index (χ4v) is 3.03. The van der Waals surface area contributed by atoms with Crippen molar-refractivity contribution in [1.82, 2.24) is 0 Å². The zero-order valence-electron chi connectivity index (χ0n) is 12.0. The van der Waals surface area contributed by atoms with Gasteiger partial charge in [-0.3, -0.25) is 0 Å². The largest absolute Gasteiger partial charge is 0.496 e. The molecule has 1 heterocycles. The van der Waals surface area contributed by atoms with Crippen molar-refractivity contribution in [2.75, 3.05) is 12.4 Å². The molecular weight excluding hydrogens is 253 g/mol. The molecule has 20 heavy (non-hydrogen) atoms. The molecule has 0 amide bonds. The molecule has 1 aliphatic rings. The minimum atomic E-state index is -0.230. The van der Waals surface area contributed by atoms with Crippen LogP contribution in [0.5, 0.6) is 5.75 Å². The lowest BCUT2D eigenvalue weighted by molar-refractivity contribution is 0.406. The zero-order valence-corrected chi connectivity index (χ0v) is 12.0. The van der Waals surface area contributed by atoms with E-state index in [1.807, 2.05) is 0 Å². The Kier molecular flexibility index (Phi) is 3.13. The standard InChI is InChI=1S/C17H18FNO/c1-10-6-11(2)17-12(7-10)8-15(19-17)14-9-13(18)4-5-16(14)20-3/h4-7,9,15,19H,8H2,1-3H3. The van der Waals surface area contributed by atoms with Crippen molar-refractivity contribution in [3.63, 3.8) is 0 Å². The number of hydrogen-bond acceptors (Lipinski definition) is 2. The van der Waals surface area contributed by atoms with Gasteiger partial charge < -0.3 is 10.1 Å². The van der Waals surface area contributed by atoms with E-state index in [1.165, 1.54) is 28.4 Å². The topological polar surface area (TPSA) is 21.3 Å². The molecule has 3 heteroatoms. The Morgan fingerprint density at radius 3 is 2.75 bits per heavy atom. The zero-order chi connectivity index (χ0) is 14.3. The number of aryl methyl sites for hydroxylation is 2. The van der Waals surface area contributed by atoms with E-state index in [2.05, 4.69) is 31.3 Å². The minimum absolute atomic E-state index is 0.0659. The van der Waals surface area contributed by atoms with E-state index >= 15 is 0 Å². The van der Waals surface area contributed by atoms with Crippen LogP contribution in [0.4, 0.5) is 10.1 Å². The summed E-state index contributed by atoms with van der Waals surface area (Å²) >= 11 is 0. The summed E-state index contributed by atoms with van der Waals surface area (Å²) in [5.74, 6) is 0.498. The molecule has 3 rings (SSSR count). The van der Waals surface area contributed by atoms with Crippen molar-refractivity contribution in [3.05, 3.63) is 58.4 Å². The first kappa shape index (κ1) is 13.0. The lowest BCUT2D eigenvalue weighted by Gasteiger charge is -2.16. The van der Waals surface area contributed by atoms with E-state index in [-0.39, 0.29) is 11.9 Å². The molecule has 2 aromatic rings. The lowest BCUT2D eigenvalue weighted by atomic mass is 10.00. The molecule has 104 valence electrons. The summed E-state index contributed by atoms with van der Waals surface area (Å²) in [4.78, 5) is 0. The maximum absolute atomic E-state index is 13.5. The molecule has 1 aliphatic heterocycles. The van der Waals surface area contributed by atoms with Gasteiger partial charge in [-0.25, -0.2) is 4.39 Å². The fourth-order valence-electron chi connectivity index (χ4n) is 3.03. The number of fused-ring (bicyclic) bond motifs is 1. The Morgan fingerprint density at radius 2 is 2.00 bits per heavy atom. The van der Waals surface area contributed by atoms with Gasteiger partial charge in [-0.05, 0) is 49.6 Å². The number of methoxy groups -OCH3 is 1. The third kappa shape index (κ3) is 2.13. The number of ether oxygens (including phenoxy) is 1. The predicted octanol–water partition coefficient (Wildman–Crippen LogP) is 4.16. The first-order chi connectivity index (χ1) is 9.58. The van der Waals surface area contributed by atoms with Gasteiger partial charge in [0.05, 0.1) is 13.2 Å². The van der Waals surface area contributed by atoms with Gasteiger partial charge in [0.2, 0.25) is 0 Å². The Morgan fingerprint density at radius 1 is 1.20 bits per heavy atom. The second kappa shape index (κ2) is 4.82. The van der Waals surface area contributed by atoms with Crippen LogP contribution in [0.2, 0.25) is 0 Å². The van der Waals surface area contributed by atoms with Crippen LogP contribution >= 0.6 is 0 Å². The molecule has 1 N–H and O–H groups in total. The molecule has 0 bridgehead atoms. The normalized spacial score (nSPS) is 16.7. The van der Waals surface area contributed by atoms with Crippen molar-refractivity contribution in [1.29, 1.82) is 0 Å². The van der Waals surface area contributed by atoms with Crippen molar-refractivity contribution >= 4 is 5.69 Å². The third-order valence-corrected chi connectivity index (χ3v) is 3.87. The summed E-state index contributed by atoms with van der Waals surface area (Å²) in [5.41, 5.74) is 5.83. The van der Waals surface area contributed by atoms with Gasteiger partial charge in [-0.2, -0.15) is 0 Å². The van der Waals surface area contributed by atoms with Crippen LogP contribution in [0.15, 0.2) is 30.3 Å². The van der Waals surface area contributed by atoms with Gasteiger partial charge in [0.25, 0.3) is 0 Å². The molecule has 0 spiro atoms. The van der Waals surface area contributed by atoms with E-state index in [0.717, 1.165) is 17.7 Å². The summed E-state index contributed by atoms with van der Waals surface area (Å²) in [6, 6.07) is 9.10.